The molecule has 1 aromatic rings. The van der Waals surface area contributed by atoms with Gasteiger partial charge in [-0.1, -0.05) is 0 Å². The number of Topliss-reactive ketones (excluding diaryl/α,β-unsaturated/α-hetero) is 1. The maximum absolute atomic E-state index is 11.8. The summed E-state index contributed by atoms with van der Waals surface area (Å²) in [6.45, 7) is 4.11. The molecule has 0 spiro atoms. The van der Waals surface area contributed by atoms with E-state index in [-0.39, 0.29) is 23.6 Å². The molecule has 0 N–H and O–H groups in total. The first-order valence-corrected chi connectivity index (χ1v) is 6.55. The van der Waals surface area contributed by atoms with Crippen LogP contribution in [0.5, 0.6) is 0 Å². The summed E-state index contributed by atoms with van der Waals surface area (Å²) in [5.74, 6) is -0.179. The van der Waals surface area contributed by atoms with Crippen molar-refractivity contribution in [2.45, 2.75) is 32.4 Å². The van der Waals surface area contributed by atoms with E-state index in [1.165, 1.54) is 19.1 Å². The first-order valence-electron chi connectivity index (χ1n) is 6.55. The zero-order chi connectivity index (χ0) is 14.9. The van der Waals surface area contributed by atoms with Gasteiger partial charge in [-0.15, -0.1) is 0 Å². The van der Waals surface area contributed by atoms with Crippen LogP contribution < -0.4 is 4.90 Å². The van der Waals surface area contributed by atoms with Crippen molar-refractivity contribution in [1.82, 2.24) is 0 Å². The molecule has 0 aromatic heterocycles. The Morgan fingerprint density at radius 2 is 2.20 bits per heavy atom. The standard InChI is InChI=1S/C14H18N2O4/c1-9(17)12-8-11(16(18)19)4-5-14(12)15(3)13-6-7-20-10(13)2/h4-5,8,10,13H,6-7H2,1-3H3. The highest BCUT2D eigenvalue weighted by Gasteiger charge is 2.30. The van der Waals surface area contributed by atoms with E-state index in [0.29, 0.717) is 17.9 Å². The molecule has 0 bridgehead atoms. The minimum absolute atomic E-state index is 0.0666. The predicted octanol–water partition coefficient (Wildman–Crippen LogP) is 2.41. The first kappa shape index (κ1) is 14.5. The van der Waals surface area contributed by atoms with Gasteiger partial charge in [-0.05, 0) is 26.3 Å². The number of anilines is 1. The second kappa shape index (κ2) is 5.58. The Kier molecular flexibility index (Phi) is 4.04. The molecule has 2 rings (SSSR count). The third-order valence-electron chi connectivity index (χ3n) is 3.78. The highest BCUT2D eigenvalue weighted by atomic mass is 16.6. The van der Waals surface area contributed by atoms with E-state index in [4.69, 9.17) is 4.74 Å². The van der Waals surface area contributed by atoms with Gasteiger partial charge in [0.2, 0.25) is 0 Å². The Morgan fingerprint density at radius 1 is 1.50 bits per heavy atom. The number of hydrogen-bond donors (Lipinski definition) is 0. The number of non-ortho nitro benzene ring substituents is 1. The van der Waals surface area contributed by atoms with E-state index in [0.717, 1.165) is 6.42 Å². The van der Waals surface area contributed by atoms with Crippen molar-refractivity contribution in [3.05, 3.63) is 33.9 Å². The van der Waals surface area contributed by atoms with Gasteiger partial charge in [-0.2, -0.15) is 0 Å². The molecule has 1 fully saturated rings. The lowest BCUT2D eigenvalue weighted by Gasteiger charge is -2.30. The third-order valence-corrected chi connectivity index (χ3v) is 3.78. The largest absolute Gasteiger partial charge is 0.376 e. The van der Waals surface area contributed by atoms with Gasteiger partial charge in [0.15, 0.2) is 5.78 Å². The fourth-order valence-electron chi connectivity index (χ4n) is 2.63. The Morgan fingerprint density at radius 3 is 2.70 bits per heavy atom. The predicted molar refractivity (Wildman–Crippen MR) is 75.3 cm³/mol. The normalized spacial score (nSPS) is 21.8. The van der Waals surface area contributed by atoms with Crippen LogP contribution in [0.2, 0.25) is 0 Å². The lowest BCUT2D eigenvalue weighted by atomic mass is 10.0. The summed E-state index contributed by atoms with van der Waals surface area (Å²) in [6.07, 6.45) is 0.960. The minimum atomic E-state index is -0.489. The van der Waals surface area contributed by atoms with Crippen molar-refractivity contribution in [3.63, 3.8) is 0 Å². The molecule has 2 unspecified atom stereocenters. The van der Waals surface area contributed by atoms with Crippen molar-refractivity contribution in [3.8, 4) is 0 Å². The van der Waals surface area contributed by atoms with Gasteiger partial charge >= 0.3 is 0 Å². The van der Waals surface area contributed by atoms with Crippen molar-refractivity contribution >= 4 is 17.2 Å². The van der Waals surface area contributed by atoms with E-state index >= 15 is 0 Å². The van der Waals surface area contributed by atoms with Gasteiger partial charge in [0.1, 0.15) is 0 Å². The molecule has 1 aromatic carbocycles. The van der Waals surface area contributed by atoms with Crippen LogP contribution in [0.25, 0.3) is 0 Å². The number of benzene rings is 1. The zero-order valence-corrected chi connectivity index (χ0v) is 11.8. The van der Waals surface area contributed by atoms with Crippen molar-refractivity contribution in [2.24, 2.45) is 0 Å². The number of nitro benzene ring substituents is 1. The van der Waals surface area contributed by atoms with Crippen LogP contribution in [0.4, 0.5) is 11.4 Å². The molecule has 108 valence electrons. The summed E-state index contributed by atoms with van der Waals surface area (Å²) >= 11 is 0. The van der Waals surface area contributed by atoms with Gasteiger partial charge < -0.3 is 9.64 Å². The Bertz CT molecular complexity index is 544. The average molecular weight is 278 g/mol. The molecule has 2 atom stereocenters. The van der Waals surface area contributed by atoms with E-state index in [1.54, 1.807) is 6.07 Å². The van der Waals surface area contributed by atoms with Crippen LogP contribution >= 0.6 is 0 Å². The number of carbonyl (C=O) groups excluding carboxylic acids is 1. The Hall–Kier alpha value is -1.95. The van der Waals surface area contributed by atoms with Gasteiger partial charge in [-0.25, -0.2) is 0 Å². The smallest absolute Gasteiger partial charge is 0.270 e. The van der Waals surface area contributed by atoms with Crippen molar-refractivity contribution in [2.75, 3.05) is 18.6 Å². The fourth-order valence-corrected chi connectivity index (χ4v) is 2.63. The highest BCUT2D eigenvalue weighted by molar-refractivity contribution is 6.00. The van der Waals surface area contributed by atoms with Crippen LogP contribution in [0.15, 0.2) is 18.2 Å². The molecule has 20 heavy (non-hydrogen) atoms. The number of ether oxygens (including phenoxy) is 1. The molecule has 6 heteroatoms. The van der Waals surface area contributed by atoms with Crippen LogP contribution in [0.1, 0.15) is 30.6 Å². The molecular formula is C14H18N2O4. The van der Waals surface area contributed by atoms with Gasteiger partial charge in [-0.3, -0.25) is 14.9 Å². The number of nitro groups is 1. The van der Waals surface area contributed by atoms with E-state index in [1.807, 2.05) is 18.9 Å². The number of hydrogen-bond acceptors (Lipinski definition) is 5. The lowest BCUT2D eigenvalue weighted by molar-refractivity contribution is -0.384. The van der Waals surface area contributed by atoms with Crippen molar-refractivity contribution in [1.29, 1.82) is 0 Å². The van der Waals surface area contributed by atoms with E-state index < -0.39 is 4.92 Å². The second-order valence-electron chi connectivity index (χ2n) is 5.06. The quantitative estimate of drug-likeness (QED) is 0.480. The molecule has 1 saturated heterocycles. The number of rotatable bonds is 4. The maximum atomic E-state index is 11.8. The Balaban J connectivity index is 2.40. The van der Waals surface area contributed by atoms with Crippen molar-refractivity contribution < 1.29 is 14.5 Å². The summed E-state index contributed by atoms with van der Waals surface area (Å²) in [5, 5.41) is 10.8. The summed E-state index contributed by atoms with van der Waals surface area (Å²) < 4.78 is 5.54. The number of nitrogens with zero attached hydrogens (tertiary/aromatic N) is 2. The summed E-state index contributed by atoms with van der Waals surface area (Å²) in [5.41, 5.74) is 1.02. The molecule has 6 nitrogen and oxygen atoms in total. The number of carbonyl (C=O) groups is 1. The lowest BCUT2D eigenvalue weighted by Crippen LogP contribution is -2.37. The maximum Gasteiger partial charge on any atom is 0.270 e. The SMILES string of the molecule is CC(=O)c1cc([N+](=O)[O-])ccc1N(C)C1CCOC1C. The molecule has 0 amide bonds. The van der Waals surface area contributed by atoms with E-state index in [2.05, 4.69) is 0 Å². The fraction of sp³-hybridized carbons (Fsp3) is 0.500. The topological polar surface area (TPSA) is 72.7 Å². The van der Waals surface area contributed by atoms with Crippen LogP contribution in [0.3, 0.4) is 0 Å². The molecule has 1 aliphatic rings. The summed E-state index contributed by atoms with van der Waals surface area (Å²) in [6, 6.07) is 4.59. The monoisotopic (exact) mass is 278 g/mol. The second-order valence-corrected chi connectivity index (χ2v) is 5.06. The van der Waals surface area contributed by atoms with Gasteiger partial charge in [0.05, 0.1) is 17.1 Å². The summed E-state index contributed by atoms with van der Waals surface area (Å²) in [4.78, 5) is 24.1. The number of ketones is 1. The molecule has 1 aliphatic heterocycles. The van der Waals surface area contributed by atoms with Gasteiger partial charge in [0, 0.05) is 37.0 Å². The van der Waals surface area contributed by atoms with E-state index in [9.17, 15) is 14.9 Å². The van der Waals surface area contributed by atoms with Crippen LogP contribution in [0, 0.1) is 10.1 Å². The summed E-state index contributed by atoms with van der Waals surface area (Å²) in [7, 11) is 1.89. The third kappa shape index (κ3) is 2.65. The van der Waals surface area contributed by atoms with Crippen LogP contribution in [-0.4, -0.2) is 36.5 Å². The molecule has 0 saturated carbocycles. The molecule has 0 radical (unpaired) electrons. The minimum Gasteiger partial charge on any atom is -0.376 e. The Labute approximate surface area is 117 Å². The zero-order valence-electron chi connectivity index (χ0n) is 11.8. The van der Waals surface area contributed by atoms with Crippen LogP contribution in [-0.2, 0) is 4.74 Å². The molecular weight excluding hydrogens is 260 g/mol. The van der Waals surface area contributed by atoms with Gasteiger partial charge in [0.25, 0.3) is 5.69 Å². The first-order chi connectivity index (χ1) is 9.41. The average Bonchev–Trinajstić information content (AvgIpc) is 2.83. The molecule has 1 heterocycles. The number of likely N-dealkylation sites (N-methyl/N-ethyl adjacent to an activating group) is 1. The highest BCUT2D eigenvalue weighted by Crippen LogP contribution is 2.30. The molecule has 0 aliphatic carbocycles.